The average Bonchev–Trinajstić information content (AvgIpc) is 2.75. The molecule has 166 valence electrons. The van der Waals surface area contributed by atoms with Crippen molar-refractivity contribution in [2.75, 3.05) is 26.2 Å². The van der Waals surface area contributed by atoms with Gasteiger partial charge in [0, 0.05) is 31.7 Å². The first kappa shape index (κ1) is 24.6. The van der Waals surface area contributed by atoms with Crippen molar-refractivity contribution in [1.82, 2.24) is 20.9 Å². The summed E-state index contributed by atoms with van der Waals surface area (Å²) in [6.07, 6.45) is 0. The third-order valence-corrected chi connectivity index (χ3v) is 4.83. The summed E-state index contributed by atoms with van der Waals surface area (Å²) in [6, 6.07) is 15.8. The van der Waals surface area contributed by atoms with Crippen LogP contribution in [0.3, 0.4) is 0 Å². The summed E-state index contributed by atoms with van der Waals surface area (Å²) < 4.78 is 0. The molecule has 1 aliphatic rings. The summed E-state index contributed by atoms with van der Waals surface area (Å²) in [4.78, 5) is 30.3. The zero-order valence-corrected chi connectivity index (χ0v) is 20.3. The Morgan fingerprint density at radius 2 is 1.90 bits per heavy atom. The van der Waals surface area contributed by atoms with Crippen molar-refractivity contribution in [3.63, 3.8) is 0 Å². The van der Waals surface area contributed by atoms with Crippen molar-refractivity contribution in [3.8, 4) is 0 Å². The first-order valence-electron chi connectivity index (χ1n) is 10.3. The number of carbonyl (C=O) groups is 2. The van der Waals surface area contributed by atoms with E-state index in [1.165, 1.54) is 11.1 Å². The van der Waals surface area contributed by atoms with Crippen LogP contribution in [0.1, 0.15) is 34.0 Å². The molecule has 0 atom stereocenters. The lowest BCUT2D eigenvalue weighted by Crippen LogP contribution is -2.49. The molecule has 2 aromatic rings. The second kappa shape index (κ2) is 12.3. The third-order valence-electron chi connectivity index (χ3n) is 4.83. The minimum atomic E-state index is -0.115. The van der Waals surface area contributed by atoms with E-state index in [4.69, 9.17) is 0 Å². The molecular weight excluding hydrogens is 505 g/mol. The van der Waals surface area contributed by atoms with Gasteiger partial charge in [0.25, 0.3) is 5.91 Å². The number of nitrogens with zero attached hydrogens (tertiary/aromatic N) is 2. The molecule has 8 heteroatoms. The van der Waals surface area contributed by atoms with E-state index in [0.717, 1.165) is 18.1 Å². The third kappa shape index (κ3) is 7.54. The number of hydrogen-bond acceptors (Lipinski definition) is 3. The van der Waals surface area contributed by atoms with E-state index in [2.05, 4.69) is 46.1 Å². The number of benzene rings is 2. The second-order valence-corrected chi connectivity index (χ2v) is 7.31. The number of rotatable bonds is 6. The summed E-state index contributed by atoms with van der Waals surface area (Å²) in [6.45, 7) is 7.24. The predicted molar refractivity (Wildman–Crippen MR) is 134 cm³/mol. The number of halogens is 1. The predicted octanol–water partition coefficient (Wildman–Crippen LogP) is 2.44. The SMILES string of the molecule is CCNC(=NCc1cccc(C)c1)NCc1ccc(C(=O)N2CCNC(=O)C2)cc1.I. The van der Waals surface area contributed by atoms with Crippen LogP contribution in [0.25, 0.3) is 0 Å². The van der Waals surface area contributed by atoms with Crippen LogP contribution < -0.4 is 16.0 Å². The highest BCUT2D eigenvalue weighted by molar-refractivity contribution is 14.0. The smallest absolute Gasteiger partial charge is 0.254 e. The number of guanidine groups is 1. The van der Waals surface area contributed by atoms with Gasteiger partial charge in [-0.15, -0.1) is 24.0 Å². The quantitative estimate of drug-likeness (QED) is 0.302. The Balaban J connectivity index is 0.00000341. The van der Waals surface area contributed by atoms with Crippen LogP contribution >= 0.6 is 24.0 Å². The molecule has 0 radical (unpaired) electrons. The summed E-state index contributed by atoms with van der Waals surface area (Å²) in [5.74, 6) is 0.521. The van der Waals surface area contributed by atoms with Gasteiger partial charge in [0.2, 0.25) is 5.91 Å². The standard InChI is InChI=1S/C23H29N5O2.HI/c1-3-24-23(27-15-19-6-4-5-17(2)13-19)26-14-18-7-9-20(10-8-18)22(30)28-12-11-25-21(29)16-28;/h4-10,13H,3,11-12,14-16H2,1-2H3,(H,25,29)(H2,24,26,27);1H. The van der Waals surface area contributed by atoms with Crippen molar-refractivity contribution in [1.29, 1.82) is 0 Å². The van der Waals surface area contributed by atoms with Gasteiger partial charge < -0.3 is 20.9 Å². The van der Waals surface area contributed by atoms with Crippen LogP contribution in [0.15, 0.2) is 53.5 Å². The zero-order chi connectivity index (χ0) is 21.3. The Bertz CT molecular complexity index is 914. The number of aliphatic imine (C=N–C) groups is 1. The van der Waals surface area contributed by atoms with Gasteiger partial charge >= 0.3 is 0 Å². The molecule has 0 bridgehead atoms. The molecule has 0 saturated carbocycles. The Morgan fingerprint density at radius 1 is 1.13 bits per heavy atom. The molecule has 1 aliphatic heterocycles. The van der Waals surface area contributed by atoms with Crippen LogP contribution in [0, 0.1) is 6.92 Å². The Labute approximate surface area is 200 Å². The van der Waals surface area contributed by atoms with E-state index in [0.29, 0.717) is 31.7 Å². The van der Waals surface area contributed by atoms with Crippen LogP contribution in [0.5, 0.6) is 0 Å². The Morgan fingerprint density at radius 3 is 2.58 bits per heavy atom. The molecule has 0 spiro atoms. The number of aryl methyl sites for hydroxylation is 1. The normalized spacial score (nSPS) is 13.8. The number of piperazine rings is 1. The van der Waals surface area contributed by atoms with Gasteiger partial charge in [0.05, 0.1) is 13.1 Å². The molecule has 2 amide bonds. The van der Waals surface area contributed by atoms with Gasteiger partial charge in [0.15, 0.2) is 5.96 Å². The molecule has 2 aromatic carbocycles. The maximum absolute atomic E-state index is 12.6. The molecule has 1 saturated heterocycles. The highest BCUT2D eigenvalue weighted by Crippen LogP contribution is 2.09. The highest BCUT2D eigenvalue weighted by Gasteiger charge is 2.22. The summed E-state index contributed by atoms with van der Waals surface area (Å²) >= 11 is 0. The molecular formula is C23H30IN5O2. The Kier molecular flexibility index (Phi) is 9.77. The van der Waals surface area contributed by atoms with Gasteiger partial charge in [-0.2, -0.15) is 0 Å². The summed E-state index contributed by atoms with van der Waals surface area (Å²) in [5, 5.41) is 9.32. The molecule has 3 N–H and O–H groups in total. The topological polar surface area (TPSA) is 85.8 Å². The fourth-order valence-electron chi connectivity index (χ4n) is 3.27. The van der Waals surface area contributed by atoms with E-state index in [1.807, 2.05) is 37.3 Å². The maximum Gasteiger partial charge on any atom is 0.254 e. The first-order chi connectivity index (χ1) is 14.5. The number of hydrogen-bond donors (Lipinski definition) is 3. The fraction of sp³-hybridized carbons (Fsp3) is 0.348. The lowest BCUT2D eigenvalue weighted by atomic mass is 10.1. The molecule has 31 heavy (non-hydrogen) atoms. The van der Waals surface area contributed by atoms with Crippen LogP contribution in [0.4, 0.5) is 0 Å². The van der Waals surface area contributed by atoms with Gasteiger partial charge in [-0.05, 0) is 37.1 Å². The maximum atomic E-state index is 12.6. The number of carbonyl (C=O) groups excluding carboxylic acids is 2. The van der Waals surface area contributed by atoms with Gasteiger partial charge in [-0.1, -0.05) is 42.0 Å². The monoisotopic (exact) mass is 535 g/mol. The Hall–Kier alpha value is -2.62. The lowest BCUT2D eigenvalue weighted by molar-refractivity contribution is -0.123. The largest absolute Gasteiger partial charge is 0.357 e. The van der Waals surface area contributed by atoms with Gasteiger partial charge in [-0.25, -0.2) is 4.99 Å². The lowest BCUT2D eigenvalue weighted by Gasteiger charge is -2.26. The van der Waals surface area contributed by atoms with Crippen molar-refractivity contribution < 1.29 is 9.59 Å². The second-order valence-electron chi connectivity index (χ2n) is 7.31. The van der Waals surface area contributed by atoms with E-state index in [1.54, 1.807) is 4.90 Å². The van der Waals surface area contributed by atoms with Gasteiger partial charge in [-0.3, -0.25) is 9.59 Å². The molecule has 0 aliphatic carbocycles. The summed E-state index contributed by atoms with van der Waals surface area (Å²) in [7, 11) is 0. The van der Waals surface area contributed by atoms with Crippen molar-refractivity contribution >= 4 is 41.8 Å². The van der Waals surface area contributed by atoms with E-state index in [9.17, 15) is 9.59 Å². The van der Waals surface area contributed by atoms with Crippen LogP contribution in [0.2, 0.25) is 0 Å². The highest BCUT2D eigenvalue weighted by atomic mass is 127. The summed E-state index contributed by atoms with van der Waals surface area (Å²) in [5.41, 5.74) is 4.03. The van der Waals surface area contributed by atoms with Crippen molar-refractivity contribution in [3.05, 3.63) is 70.8 Å². The minimum absolute atomic E-state index is 0. The molecule has 1 heterocycles. The number of nitrogens with one attached hydrogen (secondary N) is 3. The van der Waals surface area contributed by atoms with Crippen LogP contribution in [-0.4, -0.2) is 48.9 Å². The average molecular weight is 535 g/mol. The minimum Gasteiger partial charge on any atom is -0.357 e. The molecule has 3 rings (SSSR count). The van der Waals surface area contributed by atoms with Gasteiger partial charge in [0.1, 0.15) is 0 Å². The molecule has 1 fully saturated rings. The molecule has 0 aromatic heterocycles. The van der Waals surface area contributed by atoms with E-state index < -0.39 is 0 Å². The number of amides is 2. The van der Waals surface area contributed by atoms with E-state index in [-0.39, 0.29) is 42.3 Å². The van der Waals surface area contributed by atoms with Crippen molar-refractivity contribution in [2.24, 2.45) is 4.99 Å². The van der Waals surface area contributed by atoms with E-state index >= 15 is 0 Å². The van der Waals surface area contributed by atoms with Crippen molar-refractivity contribution in [2.45, 2.75) is 26.9 Å². The fourth-order valence-corrected chi connectivity index (χ4v) is 3.27. The molecule has 7 nitrogen and oxygen atoms in total. The van der Waals surface area contributed by atoms with Crippen LogP contribution in [-0.2, 0) is 17.9 Å². The first-order valence-corrected chi connectivity index (χ1v) is 10.3. The molecule has 0 unspecified atom stereocenters. The zero-order valence-electron chi connectivity index (χ0n) is 18.0.